The first-order valence-electron chi connectivity index (χ1n) is 7.09. The molecule has 1 heterocycles. The Labute approximate surface area is 139 Å². The number of rotatable bonds is 3. The summed E-state index contributed by atoms with van der Waals surface area (Å²) in [5, 5.41) is 4.06. The topological polar surface area (TPSA) is 38.3 Å². The maximum absolute atomic E-state index is 12.3. The van der Waals surface area contributed by atoms with E-state index in [2.05, 4.69) is 5.32 Å². The summed E-state index contributed by atoms with van der Waals surface area (Å²) >= 11 is 12.2. The molecule has 5 heteroatoms. The summed E-state index contributed by atoms with van der Waals surface area (Å²) in [7, 11) is 0. The maximum atomic E-state index is 12.3. The van der Waals surface area contributed by atoms with Gasteiger partial charge in [0.2, 0.25) is 5.91 Å². The second kappa shape index (κ2) is 6.59. The Balaban J connectivity index is 1.73. The first-order chi connectivity index (χ1) is 10.6. The minimum absolute atomic E-state index is 0.0429. The molecule has 1 atom stereocenters. The van der Waals surface area contributed by atoms with Gasteiger partial charge in [-0.15, -0.1) is 0 Å². The van der Waals surface area contributed by atoms with Crippen molar-refractivity contribution < 1.29 is 9.53 Å². The van der Waals surface area contributed by atoms with E-state index in [0.717, 1.165) is 17.7 Å². The van der Waals surface area contributed by atoms with Gasteiger partial charge in [-0.25, -0.2) is 0 Å². The lowest BCUT2D eigenvalue weighted by atomic mass is 10.00. The molecule has 0 aromatic heterocycles. The van der Waals surface area contributed by atoms with Crippen LogP contribution in [-0.2, 0) is 11.2 Å². The van der Waals surface area contributed by atoms with Crippen molar-refractivity contribution in [2.24, 2.45) is 0 Å². The lowest BCUT2D eigenvalue weighted by Crippen LogP contribution is -2.33. The number of carbonyl (C=O) groups is 1. The fraction of sp³-hybridized carbons (Fsp3) is 0.235. The van der Waals surface area contributed by atoms with Crippen LogP contribution in [0.5, 0.6) is 5.75 Å². The molecule has 2 aromatic carbocycles. The molecule has 1 aliphatic rings. The summed E-state index contributed by atoms with van der Waals surface area (Å²) in [5.41, 5.74) is 1.66. The van der Waals surface area contributed by atoms with Crippen molar-refractivity contribution in [3.8, 4) is 5.75 Å². The van der Waals surface area contributed by atoms with Crippen LogP contribution < -0.4 is 10.1 Å². The number of fused-ring (bicyclic) bond motifs is 1. The quantitative estimate of drug-likeness (QED) is 0.913. The molecule has 3 nitrogen and oxygen atoms in total. The van der Waals surface area contributed by atoms with E-state index in [0.29, 0.717) is 22.2 Å². The Bertz CT molecular complexity index is 683. The number of ether oxygens (including phenoxy) is 1. The molecule has 0 saturated heterocycles. The third-order valence-electron chi connectivity index (χ3n) is 3.69. The summed E-state index contributed by atoms with van der Waals surface area (Å²) < 4.78 is 5.60. The molecule has 114 valence electrons. The maximum Gasteiger partial charge on any atom is 0.225 e. The summed E-state index contributed by atoms with van der Waals surface area (Å²) in [6.07, 6.45) is 0.914. The van der Waals surface area contributed by atoms with Gasteiger partial charge in [0.1, 0.15) is 5.75 Å². The van der Waals surface area contributed by atoms with Crippen LogP contribution in [-0.4, -0.2) is 12.5 Å². The van der Waals surface area contributed by atoms with Crippen LogP contribution >= 0.6 is 23.2 Å². The average molecular weight is 336 g/mol. The van der Waals surface area contributed by atoms with E-state index in [1.807, 2.05) is 24.3 Å². The zero-order valence-electron chi connectivity index (χ0n) is 11.8. The summed E-state index contributed by atoms with van der Waals surface area (Å²) in [5.74, 6) is 0.728. The Morgan fingerprint density at radius 2 is 1.86 bits per heavy atom. The Hall–Kier alpha value is -1.71. The van der Waals surface area contributed by atoms with Crippen LogP contribution in [0.1, 0.15) is 23.6 Å². The van der Waals surface area contributed by atoms with Gasteiger partial charge < -0.3 is 10.1 Å². The smallest absolute Gasteiger partial charge is 0.225 e. The predicted octanol–water partition coefficient (Wildman–Crippen LogP) is 4.18. The molecule has 1 amide bonds. The minimum Gasteiger partial charge on any atom is -0.493 e. The fourth-order valence-corrected chi connectivity index (χ4v) is 3.13. The number of para-hydroxylation sites is 1. The molecule has 3 rings (SSSR count). The number of nitrogens with one attached hydrogen (secondary N) is 1. The number of carbonyl (C=O) groups excluding carboxylic acids is 1. The monoisotopic (exact) mass is 335 g/mol. The fourth-order valence-electron chi connectivity index (χ4n) is 2.60. The number of halogens is 2. The van der Waals surface area contributed by atoms with Crippen molar-refractivity contribution in [3.05, 3.63) is 63.6 Å². The molecule has 0 spiro atoms. The SMILES string of the molecule is O=C(Cc1c(Cl)cccc1Cl)NC1CCOc2ccccc21. The first kappa shape index (κ1) is 15.2. The van der Waals surface area contributed by atoms with E-state index in [1.54, 1.807) is 18.2 Å². The molecule has 0 bridgehead atoms. The van der Waals surface area contributed by atoms with Gasteiger partial charge in [0.05, 0.1) is 19.1 Å². The largest absolute Gasteiger partial charge is 0.493 e. The Morgan fingerprint density at radius 1 is 1.14 bits per heavy atom. The number of hydrogen-bond acceptors (Lipinski definition) is 2. The highest BCUT2D eigenvalue weighted by atomic mass is 35.5. The summed E-state index contributed by atoms with van der Waals surface area (Å²) in [6.45, 7) is 0.592. The van der Waals surface area contributed by atoms with Crippen LogP contribution in [0.2, 0.25) is 10.0 Å². The molecule has 0 aliphatic carbocycles. The highest BCUT2D eigenvalue weighted by Gasteiger charge is 2.23. The van der Waals surface area contributed by atoms with Gasteiger partial charge in [0.25, 0.3) is 0 Å². The molecule has 1 N–H and O–H groups in total. The lowest BCUT2D eigenvalue weighted by molar-refractivity contribution is -0.121. The Morgan fingerprint density at radius 3 is 2.64 bits per heavy atom. The highest BCUT2D eigenvalue weighted by Crippen LogP contribution is 2.32. The zero-order valence-corrected chi connectivity index (χ0v) is 13.3. The third kappa shape index (κ3) is 3.21. The van der Waals surface area contributed by atoms with Crippen molar-refractivity contribution in [3.63, 3.8) is 0 Å². The van der Waals surface area contributed by atoms with Gasteiger partial charge in [-0.2, -0.15) is 0 Å². The molecular formula is C17H15Cl2NO2. The molecule has 0 saturated carbocycles. The zero-order chi connectivity index (χ0) is 15.5. The van der Waals surface area contributed by atoms with Gasteiger partial charge in [-0.1, -0.05) is 47.5 Å². The van der Waals surface area contributed by atoms with Gasteiger partial charge >= 0.3 is 0 Å². The van der Waals surface area contributed by atoms with E-state index in [1.165, 1.54) is 0 Å². The number of benzene rings is 2. The van der Waals surface area contributed by atoms with Crippen LogP contribution in [0, 0.1) is 0 Å². The van der Waals surface area contributed by atoms with Gasteiger partial charge in [-0.3, -0.25) is 4.79 Å². The standard InChI is InChI=1S/C17H15Cl2NO2/c18-13-5-3-6-14(19)12(13)10-17(21)20-15-8-9-22-16-7-2-1-4-11(15)16/h1-7,15H,8-10H2,(H,20,21). The van der Waals surface area contributed by atoms with Gasteiger partial charge in [0, 0.05) is 22.0 Å². The van der Waals surface area contributed by atoms with Crippen molar-refractivity contribution in [1.29, 1.82) is 0 Å². The molecule has 0 radical (unpaired) electrons. The van der Waals surface area contributed by atoms with Crippen LogP contribution in [0.3, 0.4) is 0 Å². The van der Waals surface area contributed by atoms with Gasteiger partial charge in [0.15, 0.2) is 0 Å². The second-order valence-corrected chi connectivity index (χ2v) is 5.99. The van der Waals surface area contributed by atoms with E-state index in [-0.39, 0.29) is 18.4 Å². The lowest BCUT2D eigenvalue weighted by Gasteiger charge is -2.26. The Kier molecular flexibility index (Phi) is 4.55. The van der Waals surface area contributed by atoms with E-state index < -0.39 is 0 Å². The van der Waals surface area contributed by atoms with E-state index in [4.69, 9.17) is 27.9 Å². The van der Waals surface area contributed by atoms with E-state index >= 15 is 0 Å². The molecule has 0 fully saturated rings. The number of amides is 1. The van der Waals surface area contributed by atoms with Gasteiger partial charge in [-0.05, 0) is 23.8 Å². The molecular weight excluding hydrogens is 321 g/mol. The van der Waals surface area contributed by atoms with Crippen molar-refractivity contribution in [2.45, 2.75) is 18.9 Å². The first-order valence-corrected chi connectivity index (χ1v) is 7.84. The highest BCUT2D eigenvalue weighted by molar-refractivity contribution is 6.36. The average Bonchev–Trinajstić information content (AvgIpc) is 2.51. The van der Waals surface area contributed by atoms with Crippen molar-refractivity contribution >= 4 is 29.1 Å². The van der Waals surface area contributed by atoms with Crippen LogP contribution in [0.4, 0.5) is 0 Å². The van der Waals surface area contributed by atoms with E-state index in [9.17, 15) is 4.79 Å². The minimum atomic E-state index is -0.100. The molecule has 2 aromatic rings. The predicted molar refractivity (Wildman–Crippen MR) is 87.6 cm³/mol. The molecule has 1 unspecified atom stereocenters. The van der Waals surface area contributed by atoms with Crippen molar-refractivity contribution in [2.75, 3.05) is 6.61 Å². The second-order valence-electron chi connectivity index (χ2n) is 5.17. The summed E-state index contributed by atoms with van der Waals surface area (Å²) in [6, 6.07) is 12.9. The van der Waals surface area contributed by atoms with Crippen LogP contribution in [0.25, 0.3) is 0 Å². The normalized spacial score (nSPS) is 16.5. The number of hydrogen-bond donors (Lipinski definition) is 1. The summed E-state index contributed by atoms with van der Waals surface area (Å²) in [4.78, 5) is 12.3. The van der Waals surface area contributed by atoms with Crippen LogP contribution in [0.15, 0.2) is 42.5 Å². The third-order valence-corrected chi connectivity index (χ3v) is 4.40. The molecule has 1 aliphatic heterocycles. The molecule has 22 heavy (non-hydrogen) atoms. The van der Waals surface area contributed by atoms with Crippen molar-refractivity contribution in [1.82, 2.24) is 5.32 Å².